The fraction of sp³-hybridized carbons (Fsp3) is 0.160. The number of benzene rings is 3. The van der Waals surface area contributed by atoms with E-state index in [0.717, 1.165) is 22.1 Å². The highest BCUT2D eigenvalue weighted by Crippen LogP contribution is 2.22. The Morgan fingerprint density at radius 2 is 1.47 bits per heavy atom. The first-order valence-corrected chi connectivity index (χ1v) is 10.9. The van der Waals surface area contributed by atoms with E-state index in [1.807, 2.05) is 67.6 Å². The van der Waals surface area contributed by atoms with Crippen LogP contribution in [0.2, 0.25) is 0 Å². The van der Waals surface area contributed by atoms with Gasteiger partial charge in [-0.15, -0.1) is 10.2 Å². The molecule has 0 amide bonds. The van der Waals surface area contributed by atoms with E-state index in [-0.39, 0.29) is 5.78 Å². The second-order valence-electron chi connectivity index (χ2n) is 7.21. The van der Waals surface area contributed by atoms with Crippen LogP contribution in [0.3, 0.4) is 0 Å². The molecule has 0 fully saturated rings. The first-order chi connectivity index (χ1) is 14.7. The summed E-state index contributed by atoms with van der Waals surface area (Å²) in [6, 6.07) is 28.2. The van der Waals surface area contributed by atoms with Crippen molar-refractivity contribution in [1.29, 1.82) is 0 Å². The number of rotatable bonds is 8. The topological polar surface area (TPSA) is 47.8 Å². The molecule has 0 N–H and O–H groups in total. The van der Waals surface area contributed by atoms with Crippen LogP contribution in [0.4, 0.5) is 0 Å². The molecular formula is C25H23N3OS. The monoisotopic (exact) mass is 413 g/mol. The van der Waals surface area contributed by atoms with E-state index < -0.39 is 0 Å². The van der Waals surface area contributed by atoms with Gasteiger partial charge in [0, 0.05) is 12.0 Å². The summed E-state index contributed by atoms with van der Waals surface area (Å²) in [5, 5.41) is 9.63. The highest BCUT2D eigenvalue weighted by Gasteiger charge is 2.16. The summed E-state index contributed by atoms with van der Waals surface area (Å²) < 4.78 is 2.12. The predicted molar refractivity (Wildman–Crippen MR) is 121 cm³/mol. The molecule has 0 aliphatic heterocycles. The molecule has 0 bridgehead atoms. The van der Waals surface area contributed by atoms with Crippen LogP contribution in [0.5, 0.6) is 0 Å². The molecule has 0 aliphatic rings. The van der Waals surface area contributed by atoms with Crippen molar-refractivity contribution in [3.05, 3.63) is 113 Å². The number of thioether (sulfide) groups is 1. The lowest BCUT2D eigenvalue weighted by Crippen LogP contribution is -2.09. The molecule has 30 heavy (non-hydrogen) atoms. The molecule has 0 saturated carbocycles. The summed E-state index contributed by atoms with van der Waals surface area (Å²) in [6.07, 6.45) is 0.702. The van der Waals surface area contributed by atoms with Crippen molar-refractivity contribution in [1.82, 2.24) is 14.8 Å². The van der Waals surface area contributed by atoms with Crippen LogP contribution < -0.4 is 0 Å². The van der Waals surface area contributed by atoms with Crippen LogP contribution in [-0.4, -0.2) is 26.3 Å². The fourth-order valence-electron chi connectivity index (χ4n) is 3.21. The first kappa shape index (κ1) is 20.1. The second kappa shape index (κ2) is 9.55. The maximum Gasteiger partial charge on any atom is 0.191 e. The number of hydrogen-bond donors (Lipinski definition) is 0. The largest absolute Gasteiger partial charge is 0.301 e. The molecule has 0 unspecified atom stereocenters. The normalized spacial score (nSPS) is 10.8. The van der Waals surface area contributed by atoms with E-state index in [2.05, 4.69) is 39.0 Å². The smallest absolute Gasteiger partial charge is 0.191 e. The Morgan fingerprint density at radius 1 is 0.833 bits per heavy atom. The van der Waals surface area contributed by atoms with E-state index >= 15 is 0 Å². The molecule has 3 aromatic carbocycles. The molecular weight excluding hydrogens is 390 g/mol. The molecule has 4 aromatic rings. The number of Topliss-reactive ketones (excluding diaryl/α,β-unsaturated/α-hetero) is 1. The van der Waals surface area contributed by atoms with Crippen molar-refractivity contribution in [2.24, 2.45) is 0 Å². The SMILES string of the molecule is Cc1ccc(C(=O)CSc2nnc(Cc3ccccc3)n2Cc2ccccc2)cc1. The van der Waals surface area contributed by atoms with Crippen LogP contribution in [-0.2, 0) is 13.0 Å². The predicted octanol–water partition coefficient (Wildman–Crippen LogP) is 5.20. The zero-order chi connectivity index (χ0) is 20.8. The fourth-order valence-corrected chi connectivity index (χ4v) is 4.06. The standard InChI is InChI=1S/C25H23N3OS/c1-19-12-14-22(15-13-19)23(29)18-30-25-27-26-24(16-20-8-4-2-5-9-20)28(25)17-21-10-6-3-7-11-21/h2-15H,16-18H2,1H3. The van der Waals surface area contributed by atoms with Gasteiger partial charge in [0.1, 0.15) is 5.82 Å². The van der Waals surface area contributed by atoms with Crippen LogP contribution in [0, 0.1) is 6.92 Å². The van der Waals surface area contributed by atoms with Crippen LogP contribution >= 0.6 is 11.8 Å². The second-order valence-corrected chi connectivity index (χ2v) is 8.15. The summed E-state index contributed by atoms with van der Waals surface area (Å²) in [6.45, 7) is 2.69. The Hall–Kier alpha value is -3.18. The van der Waals surface area contributed by atoms with Gasteiger partial charge in [-0.3, -0.25) is 4.79 Å². The van der Waals surface area contributed by atoms with Gasteiger partial charge in [0.05, 0.1) is 12.3 Å². The van der Waals surface area contributed by atoms with Crippen LogP contribution in [0.25, 0.3) is 0 Å². The number of aryl methyl sites for hydroxylation is 1. The van der Waals surface area contributed by atoms with Gasteiger partial charge < -0.3 is 4.57 Å². The highest BCUT2D eigenvalue weighted by molar-refractivity contribution is 7.99. The van der Waals surface area contributed by atoms with Crippen LogP contribution in [0.1, 0.15) is 32.9 Å². The van der Waals surface area contributed by atoms with E-state index in [9.17, 15) is 4.79 Å². The quantitative estimate of drug-likeness (QED) is 0.294. The molecule has 150 valence electrons. The number of aromatic nitrogens is 3. The number of carbonyl (C=O) groups is 1. The van der Waals surface area contributed by atoms with Crippen molar-refractivity contribution in [2.45, 2.75) is 25.0 Å². The number of ketones is 1. The average Bonchev–Trinajstić information content (AvgIpc) is 3.15. The number of carbonyl (C=O) groups excluding carboxylic acids is 1. The molecule has 0 aliphatic carbocycles. The Morgan fingerprint density at radius 3 is 2.13 bits per heavy atom. The van der Waals surface area contributed by atoms with Crippen molar-refractivity contribution in [3.8, 4) is 0 Å². The molecule has 1 aromatic heterocycles. The van der Waals surface area contributed by atoms with Gasteiger partial charge in [0.25, 0.3) is 0 Å². The minimum Gasteiger partial charge on any atom is -0.301 e. The summed E-state index contributed by atoms with van der Waals surface area (Å²) in [7, 11) is 0. The van der Waals surface area contributed by atoms with Gasteiger partial charge in [0.2, 0.25) is 0 Å². The van der Waals surface area contributed by atoms with Crippen molar-refractivity contribution < 1.29 is 4.79 Å². The summed E-state index contributed by atoms with van der Waals surface area (Å²) in [5.74, 6) is 1.33. The van der Waals surface area contributed by atoms with Gasteiger partial charge in [0.15, 0.2) is 10.9 Å². The lowest BCUT2D eigenvalue weighted by Gasteiger charge is -2.10. The molecule has 4 rings (SSSR count). The number of hydrogen-bond acceptors (Lipinski definition) is 4. The molecule has 4 nitrogen and oxygen atoms in total. The highest BCUT2D eigenvalue weighted by atomic mass is 32.2. The lowest BCUT2D eigenvalue weighted by molar-refractivity contribution is 0.102. The third kappa shape index (κ3) is 5.05. The van der Waals surface area contributed by atoms with Crippen molar-refractivity contribution in [3.63, 3.8) is 0 Å². The van der Waals surface area contributed by atoms with Gasteiger partial charge >= 0.3 is 0 Å². The van der Waals surface area contributed by atoms with Gasteiger partial charge in [-0.2, -0.15) is 0 Å². The Kier molecular flexibility index (Phi) is 6.40. The third-order valence-corrected chi connectivity index (χ3v) is 5.85. The lowest BCUT2D eigenvalue weighted by atomic mass is 10.1. The van der Waals surface area contributed by atoms with E-state index in [0.29, 0.717) is 18.7 Å². The zero-order valence-corrected chi connectivity index (χ0v) is 17.7. The maximum atomic E-state index is 12.6. The molecule has 0 spiro atoms. The van der Waals surface area contributed by atoms with E-state index in [1.54, 1.807) is 0 Å². The number of nitrogens with zero attached hydrogens (tertiary/aromatic N) is 3. The Labute approximate surface area is 181 Å². The summed E-state index contributed by atoms with van der Waals surface area (Å²) >= 11 is 1.44. The molecule has 0 saturated heterocycles. The van der Waals surface area contributed by atoms with E-state index in [1.165, 1.54) is 22.9 Å². The zero-order valence-electron chi connectivity index (χ0n) is 16.9. The summed E-state index contributed by atoms with van der Waals surface area (Å²) in [4.78, 5) is 12.6. The first-order valence-electron chi connectivity index (χ1n) is 9.91. The van der Waals surface area contributed by atoms with Gasteiger partial charge in [-0.25, -0.2) is 0 Å². The molecule has 0 atom stereocenters. The molecule has 1 heterocycles. The van der Waals surface area contributed by atoms with Gasteiger partial charge in [-0.05, 0) is 18.1 Å². The van der Waals surface area contributed by atoms with Crippen LogP contribution in [0.15, 0.2) is 90.1 Å². The third-order valence-electron chi connectivity index (χ3n) is 4.89. The van der Waals surface area contributed by atoms with Crippen molar-refractivity contribution in [2.75, 3.05) is 5.75 Å². The van der Waals surface area contributed by atoms with Crippen molar-refractivity contribution >= 4 is 17.5 Å². The Bertz CT molecular complexity index is 1110. The average molecular weight is 414 g/mol. The summed E-state index contributed by atoms with van der Waals surface area (Å²) in [5.41, 5.74) is 4.24. The van der Waals surface area contributed by atoms with E-state index in [4.69, 9.17) is 0 Å². The minimum atomic E-state index is 0.0962. The Balaban J connectivity index is 1.55. The molecule has 0 radical (unpaired) electrons. The molecule has 5 heteroatoms. The maximum absolute atomic E-state index is 12.6. The van der Waals surface area contributed by atoms with Gasteiger partial charge in [-0.1, -0.05) is 102 Å². The minimum absolute atomic E-state index is 0.0962.